The third-order valence-electron chi connectivity index (χ3n) is 6.13. The zero-order chi connectivity index (χ0) is 23.8. The van der Waals surface area contributed by atoms with Crippen LogP contribution in [0.25, 0.3) is 0 Å². The van der Waals surface area contributed by atoms with E-state index in [0.717, 1.165) is 23.2 Å². The molecular formula is C27H28ClNO4. The zero-order valence-corrected chi connectivity index (χ0v) is 20.1. The van der Waals surface area contributed by atoms with Crippen LogP contribution in [0.15, 0.2) is 71.1 Å². The van der Waals surface area contributed by atoms with Gasteiger partial charge in [-0.2, -0.15) is 0 Å². The van der Waals surface area contributed by atoms with Gasteiger partial charge in [0.25, 0.3) is 0 Å². The standard InChI is InChI=1S/C27H28ClNO4/c1-16-23(26(31)32-4)24(25-21(29-16)13-27(2,3)14-22(25)30)18-8-6-10-20(12-18)33-15-17-7-5-9-19(28)11-17/h5-12,24,29H,13-15H2,1-4H3. The van der Waals surface area contributed by atoms with E-state index >= 15 is 0 Å². The van der Waals surface area contributed by atoms with Crippen LogP contribution in [0.4, 0.5) is 0 Å². The molecule has 6 heteroatoms. The molecule has 0 fully saturated rings. The third-order valence-corrected chi connectivity index (χ3v) is 6.37. The van der Waals surface area contributed by atoms with Crippen molar-refractivity contribution in [2.24, 2.45) is 5.41 Å². The summed E-state index contributed by atoms with van der Waals surface area (Å²) in [6.45, 7) is 6.39. The van der Waals surface area contributed by atoms with Gasteiger partial charge in [0, 0.05) is 34.3 Å². The van der Waals surface area contributed by atoms with Crippen LogP contribution in [-0.4, -0.2) is 18.9 Å². The minimum Gasteiger partial charge on any atom is -0.489 e. The van der Waals surface area contributed by atoms with Gasteiger partial charge in [-0.25, -0.2) is 4.79 Å². The number of ketones is 1. The molecule has 0 spiro atoms. The summed E-state index contributed by atoms with van der Waals surface area (Å²) in [5, 5.41) is 3.98. The number of allylic oxidation sites excluding steroid dienone is 3. The quantitative estimate of drug-likeness (QED) is 0.574. The Kier molecular flexibility index (Phi) is 6.35. The van der Waals surface area contributed by atoms with E-state index in [9.17, 15) is 9.59 Å². The van der Waals surface area contributed by atoms with E-state index in [4.69, 9.17) is 21.1 Å². The molecule has 4 rings (SSSR count). The van der Waals surface area contributed by atoms with Crippen LogP contribution in [0.3, 0.4) is 0 Å². The number of hydrogen-bond donors (Lipinski definition) is 1. The first-order valence-corrected chi connectivity index (χ1v) is 11.4. The average molecular weight is 466 g/mol. The van der Waals surface area contributed by atoms with E-state index < -0.39 is 11.9 Å². The number of Topliss-reactive ketones (excluding diaryl/α,β-unsaturated/α-hetero) is 1. The minimum absolute atomic E-state index is 0.0536. The summed E-state index contributed by atoms with van der Waals surface area (Å²) in [7, 11) is 1.36. The molecule has 0 aromatic heterocycles. The Morgan fingerprint density at radius 2 is 1.91 bits per heavy atom. The number of esters is 1. The fourth-order valence-corrected chi connectivity index (χ4v) is 4.94. The van der Waals surface area contributed by atoms with Gasteiger partial charge in [-0.15, -0.1) is 0 Å². The van der Waals surface area contributed by atoms with Gasteiger partial charge in [-0.3, -0.25) is 4.79 Å². The van der Waals surface area contributed by atoms with Crippen molar-refractivity contribution >= 4 is 23.4 Å². The zero-order valence-electron chi connectivity index (χ0n) is 19.3. The van der Waals surface area contributed by atoms with Crippen LogP contribution in [-0.2, 0) is 20.9 Å². The second-order valence-corrected chi connectivity index (χ2v) is 9.85. The van der Waals surface area contributed by atoms with Crippen molar-refractivity contribution in [2.75, 3.05) is 7.11 Å². The fraction of sp³-hybridized carbons (Fsp3) is 0.333. The van der Waals surface area contributed by atoms with E-state index in [1.54, 1.807) is 0 Å². The molecule has 0 saturated heterocycles. The number of nitrogens with one attached hydrogen (secondary N) is 1. The third kappa shape index (κ3) is 4.83. The number of ether oxygens (including phenoxy) is 2. The fourth-order valence-electron chi connectivity index (χ4n) is 4.73. The second kappa shape index (κ2) is 9.06. The molecule has 1 atom stereocenters. The van der Waals surface area contributed by atoms with Gasteiger partial charge < -0.3 is 14.8 Å². The molecule has 5 nitrogen and oxygen atoms in total. The molecule has 1 aliphatic heterocycles. The number of benzene rings is 2. The molecule has 0 saturated carbocycles. The monoisotopic (exact) mass is 465 g/mol. The Bertz CT molecular complexity index is 1180. The van der Waals surface area contributed by atoms with E-state index in [0.29, 0.717) is 40.6 Å². The van der Waals surface area contributed by atoms with Crippen molar-refractivity contribution in [2.45, 2.75) is 46.1 Å². The lowest BCUT2D eigenvalue weighted by molar-refractivity contribution is -0.136. The molecule has 0 bridgehead atoms. The number of rotatable bonds is 5. The van der Waals surface area contributed by atoms with Gasteiger partial charge in [0.05, 0.1) is 12.7 Å². The molecule has 1 N–H and O–H groups in total. The van der Waals surface area contributed by atoms with E-state index in [-0.39, 0.29) is 11.2 Å². The molecule has 172 valence electrons. The van der Waals surface area contributed by atoms with E-state index in [1.165, 1.54) is 7.11 Å². The van der Waals surface area contributed by atoms with Crippen LogP contribution in [0.1, 0.15) is 50.7 Å². The number of methoxy groups -OCH3 is 1. The maximum absolute atomic E-state index is 13.3. The molecule has 0 amide bonds. The van der Waals surface area contributed by atoms with Crippen LogP contribution in [0, 0.1) is 5.41 Å². The average Bonchev–Trinajstić information content (AvgIpc) is 2.75. The van der Waals surface area contributed by atoms with Crippen molar-refractivity contribution < 1.29 is 19.1 Å². The highest BCUT2D eigenvalue weighted by atomic mass is 35.5. The SMILES string of the molecule is COC(=O)C1=C(C)NC2=C(C(=O)CC(C)(C)C2)C1c1cccc(OCc2cccc(Cl)c2)c1. The summed E-state index contributed by atoms with van der Waals surface area (Å²) in [5.41, 5.74) is 4.33. The molecule has 0 radical (unpaired) electrons. The van der Waals surface area contributed by atoms with Crippen molar-refractivity contribution in [3.05, 3.63) is 87.2 Å². The Balaban J connectivity index is 1.72. The topological polar surface area (TPSA) is 64.6 Å². The predicted octanol–water partition coefficient (Wildman–Crippen LogP) is 5.70. The number of carbonyl (C=O) groups is 2. The second-order valence-electron chi connectivity index (χ2n) is 9.41. The Morgan fingerprint density at radius 3 is 2.64 bits per heavy atom. The maximum Gasteiger partial charge on any atom is 0.336 e. The Hall–Kier alpha value is -3.05. The first-order chi connectivity index (χ1) is 15.7. The summed E-state index contributed by atoms with van der Waals surface area (Å²) in [5.74, 6) is -0.247. The van der Waals surface area contributed by atoms with Gasteiger partial charge in [-0.05, 0) is 54.2 Å². The summed E-state index contributed by atoms with van der Waals surface area (Å²) < 4.78 is 11.1. The first kappa shape index (κ1) is 23.1. The first-order valence-electron chi connectivity index (χ1n) is 11.0. The van der Waals surface area contributed by atoms with E-state index in [1.807, 2.05) is 55.5 Å². The summed E-state index contributed by atoms with van der Waals surface area (Å²) in [6.07, 6.45) is 1.17. The number of hydrogen-bond acceptors (Lipinski definition) is 5. The lowest BCUT2D eigenvalue weighted by Crippen LogP contribution is -2.38. The van der Waals surface area contributed by atoms with Crippen LogP contribution in [0.2, 0.25) is 5.02 Å². The van der Waals surface area contributed by atoms with Crippen LogP contribution < -0.4 is 10.1 Å². The van der Waals surface area contributed by atoms with Gasteiger partial charge in [0.15, 0.2) is 5.78 Å². The van der Waals surface area contributed by atoms with Crippen molar-refractivity contribution in [1.82, 2.24) is 5.32 Å². The Labute approximate surface area is 199 Å². The molecule has 1 unspecified atom stereocenters. The summed E-state index contributed by atoms with van der Waals surface area (Å²) in [6, 6.07) is 15.1. The van der Waals surface area contributed by atoms with Gasteiger partial charge >= 0.3 is 5.97 Å². The molecule has 1 heterocycles. The summed E-state index contributed by atoms with van der Waals surface area (Å²) in [4.78, 5) is 26.1. The van der Waals surface area contributed by atoms with Gasteiger partial charge in [0.2, 0.25) is 0 Å². The van der Waals surface area contributed by atoms with Crippen LogP contribution >= 0.6 is 11.6 Å². The predicted molar refractivity (Wildman–Crippen MR) is 128 cm³/mol. The highest BCUT2D eigenvalue weighted by Crippen LogP contribution is 2.47. The number of halogens is 1. The van der Waals surface area contributed by atoms with Gasteiger partial charge in [0.1, 0.15) is 12.4 Å². The van der Waals surface area contributed by atoms with Crippen LogP contribution in [0.5, 0.6) is 5.75 Å². The lowest BCUT2D eigenvalue weighted by atomic mass is 9.68. The van der Waals surface area contributed by atoms with Crippen molar-refractivity contribution in [3.63, 3.8) is 0 Å². The molecular weight excluding hydrogens is 438 g/mol. The summed E-state index contributed by atoms with van der Waals surface area (Å²) >= 11 is 6.08. The molecule has 1 aliphatic carbocycles. The largest absolute Gasteiger partial charge is 0.489 e. The van der Waals surface area contributed by atoms with E-state index in [2.05, 4.69) is 19.2 Å². The lowest BCUT2D eigenvalue weighted by Gasteiger charge is -2.39. The smallest absolute Gasteiger partial charge is 0.336 e. The maximum atomic E-state index is 13.3. The van der Waals surface area contributed by atoms with Crippen molar-refractivity contribution in [3.8, 4) is 5.75 Å². The highest BCUT2D eigenvalue weighted by molar-refractivity contribution is 6.30. The molecule has 2 aromatic carbocycles. The molecule has 33 heavy (non-hydrogen) atoms. The normalized spacial score (nSPS) is 19.7. The molecule has 2 aliphatic rings. The minimum atomic E-state index is -0.507. The number of carbonyl (C=O) groups excluding carboxylic acids is 2. The number of dihydropyridines is 1. The molecule has 2 aromatic rings. The van der Waals surface area contributed by atoms with Gasteiger partial charge in [-0.1, -0.05) is 49.7 Å². The van der Waals surface area contributed by atoms with Crippen molar-refractivity contribution in [1.29, 1.82) is 0 Å². The highest BCUT2D eigenvalue weighted by Gasteiger charge is 2.43. The Morgan fingerprint density at radius 1 is 1.15 bits per heavy atom.